The number of aryl methyl sites for hydroxylation is 1. The van der Waals surface area contributed by atoms with E-state index in [1.807, 2.05) is 0 Å². The van der Waals surface area contributed by atoms with Gasteiger partial charge in [-0.15, -0.1) is 11.3 Å². The highest BCUT2D eigenvalue weighted by atomic mass is 32.1. The van der Waals surface area contributed by atoms with Gasteiger partial charge in [0.1, 0.15) is 0 Å². The summed E-state index contributed by atoms with van der Waals surface area (Å²) in [5.74, 6) is -1.31. The average molecular weight is 372 g/mol. The molecule has 3 rings (SSSR count). The lowest BCUT2D eigenvalue weighted by molar-refractivity contribution is -0.136. The highest BCUT2D eigenvalue weighted by Gasteiger charge is 2.17. The van der Waals surface area contributed by atoms with Crippen molar-refractivity contribution in [3.8, 4) is 0 Å². The van der Waals surface area contributed by atoms with Crippen molar-refractivity contribution in [3.63, 3.8) is 0 Å². The Kier molecular flexibility index (Phi) is 6.22. The van der Waals surface area contributed by atoms with Gasteiger partial charge in [-0.1, -0.05) is 19.1 Å². The van der Waals surface area contributed by atoms with E-state index in [9.17, 15) is 9.59 Å². The van der Waals surface area contributed by atoms with Crippen molar-refractivity contribution in [2.45, 2.75) is 32.6 Å². The van der Waals surface area contributed by atoms with Gasteiger partial charge < -0.3 is 10.2 Å². The topological polar surface area (TPSA) is 74.3 Å². The molecule has 0 radical (unpaired) electrons. The van der Waals surface area contributed by atoms with Gasteiger partial charge in [0, 0.05) is 36.9 Å². The summed E-state index contributed by atoms with van der Waals surface area (Å²) < 4.78 is 0. The van der Waals surface area contributed by atoms with Crippen LogP contribution < -0.4 is 15.5 Å². The van der Waals surface area contributed by atoms with Crippen LogP contribution in [0.5, 0.6) is 0 Å². The molecule has 2 aromatic rings. The van der Waals surface area contributed by atoms with Crippen molar-refractivity contribution >= 4 is 34.0 Å². The molecule has 0 atom stereocenters. The highest BCUT2D eigenvalue weighted by Crippen LogP contribution is 2.28. The molecule has 2 amide bonds. The number of benzene rings is 1. The zero-order chi connectivity index (χ0) is 18.4. The fraction of sp³-hybridized carbons (Fsp3) is 0.421. The molecule has 26 heavy (non-hydrogen) atoms. The molecule has 0 fully saturated rings. The van der Waals surface area contributed by atoms with Gasteiger partial charge >= 0.3 is 11.8 Å². The molecule has 2 heterocycles. The van der Waals surface area contributed by atoms with E-state index in [4.69, 9.17) is 0 Å². The molecule has 0 aliphatic carbocycles. The summed E-state index contributed by atoms with van der Waals surface area (Å²) in [4.78, 5) is 30.0. The molecular weight excluding hydrogens is 348 g/mol. The van der Waals surface area contributed by atoms with E-state index in [-0.39, 0.29) is 0 Å². The van der Waals surface area contributed by atoms with Gasteiger partial charge in [0.25, 0.3) is 0 Å². The van der Waals surface area contributed by atoms with Crippen LogP contribution in [0.3, 0.4) is 0 Å². The van der Waals surface area contributed by atoms with Crippen molar-refractivity contribution in [1.82, 2.24) is 10.3 Å². The Bertz CT molecular complexity index is 761. The lowest BCUT2D eigenvalue weighted by Gasteiger charge is -2.31. The summed E-state index contributed by atoms with van der Waals surface area (Å²) in [5, 5.41) is 7.32. The number of aromatic nitrogens is 1. The van der Waals surface area contributed by atoms with Gasteiger partial charge in [0.2, 0.25) is 0 Å². The minimum Gasteiger partial charge on any atom is -0.371 e. The molecule has 0 bridgehead atoms. The van der Waals surface area contributed by atoms with E-state index in [1.165, 1.54) is 34.6 Å². The zero-order valence-electron chi connectivity index (χ0n) is 15.0. The predicted molar refractivity (Wildman–Crippen MR) is 105 cm³/mol. The van der Waals surface area contributed by atoms with Crippen molar-refractivity contribution in [2.75, 3.05) is 29.9 Å². The minimum absolute atomic E-state index is 0.427. The molecule has 138 valence electrons. The lowest BCUT2D eigenvalue weighted by atomic mass is 9.98. The Hall–Kier alpha value is -2.41. The number of hydrogen-bond donors (Lipinski definition) is 2. The third kappa shape index (κ3) is 4.60. The highest BCUT2D eigenvalue weighted by molar-refractivity contribution is 7.13. The summed E-state index contributed by atoms with van der Waals surface area (Å²) in [6.45, 7) is 4.86. The maximum absolute atomic E-state index is 11.9. The van der Waals surface area contributed by atoms with E-state index in [2.05, 4.69) is 45.6 Å². The average Bonchev–Trinajstić information content (AvgIpc) is 3.15. The van der Waals surface area contributed by atoms with Gasteiger partial charge in [-0.25, -0.2) is 4.98 Å². The van der Waals surface area contributed by atoms with Gasteiger partial charge in [-0.2, -0.15) is 0 Å². The van der Waals surface area contributed by atoms with Crippen LogP contribution in [0, 0.1) is 0 Å². The second kappa shape index (κ2) is 8.80. The number of amides is 2. The van der Waals surface area contributed by atoms with Crippen molar-refractivity contribution in [2.24, 2.45) is 0 Å². The number of anilines is 2. The molecule has 7 heteroatoms. The summed E-state index contributed by atoms with van der Waals surface area (Å²) in [6, 6.07) is 6.55. The summed E-state index contributed by atoms with van der Waals surface area (Å²) in [7, 11) is 0. The zero-order valence-corrected chi connectivity index (χ0v) is 15.8. The number of hydrogen-bond acceptors (Lipinski definition) is 5. The van der Waals surface area contributed by atoms with Crippen molar-refractivity contribution in [3.05, 3.63) is 40.9 Å². The second-order valence-corrected chi connectivity index (χ2v) is 7.25. The van der Waals surface area contributed by atoms with Crippen LogP contribution in [-0.2, 0) is 22.4 Å². The van der Waals surface area contributed by atoms with Gasteiger partial charge in [-0.3, -0.25) is 14.9 Å². The van der Waals surface area contributed by atoms with Crippen LogP contribution in [0.1, 0.15) is 30.9 Å². The monoisotopic (exact) mass is 372 g/mol. The van der Waals surface area contributed by atoms with E-state index in [0.717, 1.165) is 25.9 Å². The van der Waals surface area contributed by atoms with Crippen LogP contribution in [-0.4, -0.2) is 36.4 Å². The maximum atomic E-state index is 11.9. The van der Waals surface area contributed by atoms with Crippen LogP contribution in [0.15, 0.2) is 29.8 Å². The number of nitrogens with one attached hydrogen (secondary N) is 2. The number of thiazole rings is 1. The first-order chi connectivity index (χ1) is 12.7. The Morgan fingerprint density at radius 1 is 1.31 bits per heavy atom. The van der Waals surface area contributed by atoms with Crippen molar-refractivity contribution < 1.29 is 9.59 Å². The lowest BCUT2D eigenvalue weighted by Crippen LogP contribution is -2.36. The first kappa shape index (κ1) is 18.4. The predicted octanol–water partition coefficient (Wildman–Crippen LogP) is 2.60. The SMILES string of the molecule is CCCN1CCCc2cc(CCNC(=O)C(=O)Nc3nccs3)ccc21. The maximum Gasteiger partial charge on any atom is 0.315 e. The molecular formula is C19H24N4O2S. The Morgan fingerprint density at radius 3 is 2.96 bits per heavy atom. The summed E-state index contributed by atoms with van der Waals surface area (Å²) >= 11 is 1.28. The first-order valence-corrected chi connectivity index (χ1v) is 9.90. The number of carbonyl (C=O) groups excluding carboxylic acids is 2. The molecule has 0 unspecified atom stereocenters. The standard InChI is InChI=1S/C19H24N4O2S/c1-2-10-23-11-3-4-15-13-14(5-6-16(15)23)7-8-20-17(24)18(25)22-19-21-9-12-26-19/h5-6,9,12-13H,2-4,7-8,10-11H2,1H3,(H,20,24)(H,21,22,25). The molecule has 1 aromatic heterocycles. The molecule has 0 spiro atoms. The largest absolute Gasteiger partial charge is 0.371 e. The molecule has 1 aliphatic heterocycles. The fourth-order valence-corrected chi connectivity index (χ4v) is 3.75. The van der Waals surface area contributed by atoms with E-state index < -0.39 is 11.8 Å². The second-order valence-electron chi connectivity index (χ2n) is 6.35. The molecule has 6 nitrogen and oxygen atoms in total. The van der Waals surface area contributed by atoms with E-state index >= 15 is 0 Å². The number of fused-ring (bicyclic) bond motifs is 1. The molecule has 0 saturated carbocycles. The van der Waals surface area contributed by atoms with Gasteiger partial charge in [-0.05, 0) is 42.9 Å². The van der Waals surface area contributed by atoms with E-state index in [1.54, 1.807) is 11.6 Å². The first-order valence-electron chi connectivity index (χ1n) is 9.03. The number of rotatable bonds is 6. The summed E-state index contributed by atoms with van der Waals surface area (Å²) in [5.41, 5.74) is 3.91. The van der Waals surface area contributed by atoms with E-state index in [0.29, 0.717) is 18.1 Å². The summed E-state index contributed by atoms with van der Waals surface area (Å²) in [6.07, 6.45) is 5.72. The molecule has 2 N–H and O–H groups in total. The Labute approximate surface area is 157 Å². The van der Waals surface area contributed by atoms with Crippen molar-refractivity contribution in [1.29, 1.82) is 0 Å². The normalized spacial score (nSPS) is 13.2. The van der Waals surface area contributed by atoms with Crippen LogP contribution in [0.4, 0.5) is 10.8 Å². The molecule has 1 aliphatic rings. The van der Waals surface area contributed by atoms with Gasteiger partial charge in [0.15, 0.2) is 5.13 Å². The van der Waals surface area contributed by atoms with Gasteiger partial charge in [0.05, 0.1) is 0 Å². The smallest absolute Gasteiger partial charge is 0.315 e. The minimum atomic E-state index is -0.680. The fourth-order valence-electron chi connectivity index (χ4n) is 3.23. The van der Waals surface area contributed by atoms with Crippen LogP contribution in [0.25, 0.3) is 0 Å². The Morgan fingerprint density at radius 2 is 2.19 bits per heavy atom. The van der Waals surface area contributed by atoms with Crippen LogP contribution >= 0.6 is 11.3 Å². The molecule has 0 saturated heterocycles. The Balaban J connectivity index is 1.50. The number of nitrogens with zero attached hydrogens (tertiary/aromatic N) is 2. The third-order valence-electron chi connectivity index (χ3n) is 4.41. The molecule has 1 aromatic carbocycles. The quantitative estimate of drug-likeness (QED) is 0.765. The third-order valence-corrected chi connectivity index (χ3v) is 5.10. The number of carbonyl (C=O) groups is 2. The van der Waals surface area contributed by atoms with Crippen LogP contribution in [0.2, 0.25) is 0 Å².